The number of rotatable bonds is 0. The average molecular weight is 306 g/mol. The molecule has 0 fully saturated rings. The van der Waals surface area contributed by atoms with Crippen LogP contribution in [-0.2, 0) is 0 Å². The third kappa shape index (κ3) is 1.59. The molecular weight excluding hydrogens is 298 g/mol. The van der Waals surface area contributed by atoms with Crippen molar-refractivity contribution in [2.45, 2.75) is 6.92 Å². The van der Waals surface area contributed by atoms with Gasteiger partial charge in [-0.3, -0.25) is 4.79 Å². The number of hydrogen-bond donors (Lipinski definition) is 1. The molecule has 0 aliphatic rings. The number of aromatic nitrogens is 1. The Bertz CT molecular complexity index is 892. The molecule has 0 aliphatic carbocycles. The summed E-state index contributed by atoms with van der Waals surface area (Å²) in [5.41, 5.74) is 0.752. The van der Waals surface area contributed by atoms with Gasteiger partial charge < -0.3 is 9.40 Å². The van der Waals surface area contributed by atoms with Gasteiger partial charge in [-0.2, -0.15) is 0 Å². The van der Waals surface area contributed by atoms with E-state index in [1.807, 2.05) is 6.07 Å². The maximum absolute atomic E-state index is 11.9. The van der Waals surface area contributed by atoms with Gasteiger partial charge in [-0.25, -0.2) is 4.79 Å². The first-order chi connectivity index (χ1) is 8.56. The van der Waals surface area contributed by atoms with E-state index in [1.165, 1.54) is 6.07 Å². The third-order valence-electron chi connectivity index (χ3n) is 2.78. The van der Waals surface area contributed by atoms with Crippen molar-refractivity contribution in [1.82, 2.24) is 4.98 Å². The summed E-state index contributed by atoms with van der Waals surface area (Å²) in [6.45, 7) is 1.78. The highest BCUT2D eigenvalue weighted by atomic mass is 79.9. The lowest BCUT2D eigenvalue weighted by molar-refractivity contribution is 0.569. The van der Waals surface area contributed by atoms with Crippen molar-refractivity contribution in [2.24, 2.45) is 0 Å². The molecule has 0 bridgehead atoms. The van der Waals surface area contributed by atoms with Gasteiger partial charge in [-0.1, -0.05) is 15.9 Å². The molecule has 0 spiro atoms. The molecular formula is C13H8BrNO3. The van der Waals surface area contributed by atoms with Crippen LogP contribution in [0.3, 0.4) is 0 Å². The Morgan fingerprint density at radius 1 is 1.22 bits per heavy atom. The van der Waals surface area contributed by atoms with Crippen LogP contribution in [0.25, 0.3) is 21.9 Å². The topological polar surface area (TPSA) is 63.1 Å². The van der Waals surface area contributed by atoms with Crippen molar-refractivity contribution in [3.63, 3.8) is 0 Å². The van der Waals surface area contributed by atoms with E-state index in [0.717, 1.165) is 4.47 Å². The van der Waals surface area contributed by atoms with Crippen LogP contribution in [0.4, 0.5) is 0 Å². The van der Waals surface area contributed by atoms with Crippen LogP contribution in [0.2, 0.25) is 0 Å². The van der Waals surface area contributed by atoms with Crippen LogP contribution < -0.4 is 11.1 Å². The molecule has 2 aromatic heterocycles. The predicted molar refractivity (Wildman–Crippen MR) is 73.0 cm³/mol. The van der Waals surface area contributed by atoms with Gasteiger partial charge in [0, 0.05) is 21.6 Å². The molecule has 0 atom stereocenters. The summed E-state index contributed by atoms with van der Waals surface area (Å²) in [6.07, 6.45) is 0. The number of pyridine rings is 1. The average Bonchev–Trinajstić information content (AvgIpc) is 2.29. The molecule has 4 nitrogen and oxygen atoms in total. The quantitative estimate of drug-likeness (QED) is 0.513. The van der Waals surface area contributed by atoms with Crippen molar-refractivity contribution < 1.29 is 4.42 Å². The molecule has 0 radical (unpaired) electrons. The summed E-state index contributed by atoms with van der Waals surface area (Å²) >= 11 is 3.36. The summed E-state index contributed by atoms with van der Waals surface area (Å²) in [5.74, 6) is 0. The molecule has 90 valence electrons. The molecule has 1 N–H and O–H groups in total. The normalized spacial score (nSPS) is 11.2. The van der Waals surface area contributed by atoms with Crippen molar-refractivity contribution in [2.75, 3.05) is 0 Å². The molecule has 3 rings (SSSR count). The van der Waals surface area contributed by atoms with Gasteiger partial charge >= 0.3 is 5.63 Å². The van der Waals surface area contributed by atoms with Crippen molar-refractivity contribution in [3.8, 4) is 0 Å². The number of aryl methyl sites for hydroxylation is 1. The summed E-state index contributed by atoms with van der Waals surface area (Å²) in [5, 5.41) is 0.769. The standard InChI is InChI=1S/C13H8BrNO3/c1-6-4-9(16)11-12(15-6)8-5-7(14)2-3-10(8)18-13(11)17/h2-5H,1H3,(H,15,16). The van der Waals surface area contributed by atoms with E-state index in [9.17, 15) is 9.59 Å². The summed E-state index contributed by atoms with van der Waals surface area (Å²) in [4.78, 5) is 26.7. The second-order valence-corrected chi connectivity index (χ2v) is 5.01. The Morgan fingerprint density at radius 2 is 2.00 bits per heavy atom. The fourth-order valence-electron chi connectivity index (χ4n) is 2.03. The first kappa shape index (κ1) is 11.2. The van der Waals surface area contributed by atoms with Gasteiger partial charge in [-0.05, 0) is 25.1 Å². The fraction of sp³-hybridized carbons (Fsp3) is 0.0769. The Labute approximate surface area is 109 Å². The summed E-state index contributed by atoms with van der Waals surface area (Å²) in [7, 11) is 0. The lowest BCUT2D eigenvalue weighted by Gasteiger charge is -2.03. The summed E-state index contributed by atoms with van der Waals surface area (Å²) in [6, 6.07) is 6.69. The van der Waals surface area contributed by atoms with Crippen LogP contribution in [0, 0.1) is 6.92 Å². The van der Waals surface area contributed by atoms with Crippen molar-refractivity contribution in [1.29, 1.82) is 0 Å². The molecule has 3 aromatic rings. The number of aromatic amines is 1. The van der Waals surface area contributed by atoms with Crippen molar-refractivity contribution >= 4 is 37.8 Å². The van der Waals surface area contributed by atoms with Gasteiger partial charge in [0.2, 0.25) is 0 Å². The molecule has 1 aromatic carbocycles. The monoisotopic (exact) mass is 305 g/mol. The minimum Gasteiger partial charge on any atom is -0.422 e. The highest BCUT2D eigenvalue weighted by Gasteiger charge is 2.11. The molecule has 0 aliphatic heterocycles. The van der Waals surface area contributed by atoms with Crippen LogP contribution in [0.1, 0.15) is 5.69 Å². The zero-order valence-corrected chi connectivity index (χ0v) is 11.0. The highest BCUT2D eigenvalue weighted by molar-refractivity contribution is 9.10. The van der Waals surface area contributed by atoms with Crippen molar-refractivity contribution in [3.05, 3.63) is 55.1 Å². The van der Waals surface area contributed by atoms with Crippen LogP contribution in [0.15, 0.2) is 42.7 Å². The zero-order valence-electron chi connectivity index (χ0n) is 9.41. The number of nitrogens with one attached hydrogen (secondary N) is 1. The second kappa shape index (κ2) is 3.81. The molecule has 0 amide bonds. The molecule has 2 heterocycles. The Morgan fingerprint density at radius 3 is 2.78 bits per heavy atom. The first-order valence-electron chi connectivity index (χ1n) is 5.32. The molecule has 0 saturated carbocycles. The SMILES string of the molecule is Cc1cc(=O)c2c(=O)oc3ccc(Br)cc3c2[nH]1. The van der Waals surface area contributed by atoms with E-state index in [-0.39, 0.29) is 10.8 Å². The largest absolute Gasteiger partial charge is 0.422 e. The Balaban J connectivity index is 2.72. The van der Waals surface area contributed by atoms with E-state index < -0.39 is 5.63 Å². The Kier molecular flexibility index (Phi) is 2.38. The van der Waals surface area contributed by atoms with Gasteiger partial charge in [-0.15, -0.1) is 0 Å². The van der Waals surface area contributed by atoms with E-state index in [2.05, 4.69) is 20.9 Å². The lowest BCUT2D eigenvalue weighted by Crippen LogP contribution is -2.13. The Hall–Kier alpha value is -1.88. The van der Waals surface area contributed by atoms with E-state index in [4.69, 9.17) is 4.42 Å². The van der Waals surface area contributed by atoms with E-state index >= 15 is 0 Å². The fourth-order valence-corrected chi connectivity index (χ4v) is 2.39. The maximum Gasteiger partial charge on any atom is 0.349 e. The molecule has 0 unspecified atom stereocenters. The van der Waals surface area contributed by atoms with E-state index in [0.29, 0.717) is 22.2 Å². The molecule has 0 saturated heterocycles. The van der Waals surface area contributed by atoms with Gasteiger partial charge in [0.15, 0.2) is 5.43 Å². The number of hydrogen-bond acceptors (Lipinski definition) is 3. The molecule has 18 heavy (non-hydrogen) atoms. The van der Waals surface area contributed by atoms with Crippen LogP contribution >= 0.6 is 15.9 Å². The zero-order chi connectivity index (χ0) is 12.9. The number of halogens is 1. The van der Waals surface area contributed by atoms with Gasteiger partial charge in [0.1, 0.15) is 11.0 Å². The highest BCUT2D eigenvalue weighted by Crippen LogP contribution is 2.23. The first-order valence-corrected chi connectivity index (χ1v) is 6.11. The maximum atomic E-state index is 11.9. The number of benzene rings is 1. The smallest absolute Gasteiger partial charge is 0.349 e. The minimum absolute atomic E-state index is 0.0613. The predicted octanol–water partition coefficient (Wildman–Crippen LogP) is 2.71. The molecule has 5 heteroatoms. The third-order valence-corrected chi connectivity index (χ3v) is 3.28. The second-order valence-electron chi connectivity index (χ2n) is 4.10. The van der Waals surface area contributed by atoms with Gasteiger partial charge in [0.05, 0.1) is 5.52 Å². The lowest BCUT2D eigenvalue weighted by atomic mass is 10.1. The minimum atomic E-state index is -0.610. The number of fused-ring (bicyclic) bond motifs is 3. The number of H-pyrrole nitrogens is 1. The van der Waals surface area contributed by atoms with Crippen LogP contribution in [-0.4, -0.2) is 4.98 Å². The summed E-state index contributed by atoms with van der Waals surface area (Å²) < 4.78 is 6.01. The van der Waals surface area contributed by atoms with E-state index in [1.54, 1.807) is 19.1 Å². The van der Waals surface area contributed by atoms with Gasteiger partial charge in [0.25, 0.3) is 0 Å². The van der Waals surface area contributed by atoms with Crippen LogP contribution in [0.5, 0.6) is 0 Å².